The van der Waals surface area contributed by atoms with Crippen LogP contribution in [0.4, 0.5) is 5.82 Å². The van der Waals surface area contributed by atoms with Gasteiger partial charge in [-0.25, -0.2) is 9.97 Å². The molecule has 180 valence electrons. The van der Waals surface area contributed by atoms with E-state index in [0.29, 0.717) is 35.2 Å². The molecule has 0 aliphatic heterocycles. The lowest BCUT2D eigenvalue weighted by molar-refractivity contribution is 0.0951. The highest BCUT2D eigenvalue weighted by Crippen LogP contribution is 2.28. The number of nitriles is 1. The molecule has 6 rings (SSSR count). The van der Waals surface area contributed by atoms with Gasteiger partial charge in [0.25, 0.3) is 5.91 Å². The van der Waals surface area contributed by atoms with Gasteiger partial charge >= 0.3 is 0 Å². The number of nitrogens with one attached hydrogen (secondary N) is 2. The fraction of sp³-hybridized carbons (Fsp3) is 0.133. The molecule has 5 aromatic rings. The molecule has 1 saturated carbocycles. The molecule has 1 aliphatic carbocycles. The van der Waals surface area contributed by atoms with Crippen LogP contribution in [0.25, 0.3) is 28.2 Å². The van der Waals surface area contributed by atoms with Crippen molar-refractivity contribution >= 4 is 17.4 Å². The predicted molar refractivity (Wildman–Crippen MR) is 143 cm³/mol. The summed E-state index contributed by atoms with van der Waals surface area (Å²) in [5, 5.41) is 15.7. The summed E-state index contributed by atoms with van der Waals surface area (Å²) in [5.41, 5.74) is 6.60. The van der Waals surface area contributed by atoms with Gasteiger partial charge in [-0.3, -0.25) is 9.20 Å². The molecule has 0 saturated heterocycles. The van der Waals surface area contributed by atoms with Crippen molar-refractivity contribution < 1.29 is 4.79 Å². The smallest absolute Gasteiger partial charge is 0.251 e. The van der Waals surface area contributed by atoms with Gasteiger partial charge in [0.2, 0.25) is 0 Å². The summed E-state index contributed by atoms with van der Waals surface area (Å²) >= 11 is 0. The van der Waals surface area contributed by atoms with Crippen molar-refractivity contribution in [1.29, 1.82) is 5.26 Å². The maximum atomic E-state index is 12.4. The number of fused-ring (bicyclic) bond motifs is 1. The number of carbonyl (C=O) groups is 1. The topological polar surface area (TPSA) is 95.1 Å². The molecule has 7 nitrogen and oxygen atoms in total. The largest absolute Gasteiger partial charge is 0.363 e. The van der Waals surface area contributed by atoms with E-state index in [4.69, 9.17) is 4.98 Å². The van der Waals surface area contributed by atoms with Crippen LogP contribution in [-0.4, -0.2) is 26.3 Å². The maximum absolute atomic E-state index is 12.4. The van der Waals surface area contributed by atoms with Crippen molar-refractivity contribution in [3.8, 4) is 28.6 Å². The first-order valence-corrected chi connectivity index (χ1v) is 12.3. The van der Waals surface area contributed by atoms with E-state index in [1.54, 1.807) is 6.07 Å². The Labute approximate surface area is 214 Å². The summed E-state index contributed by atoms with van der Waals surface area (Å²) in [5.74, 6) is 0.616. The van der Waals surface area contributed by atoms with Crippen molar-refractivity contribution in [1.82, 2.24) is 19.7 Å². The van der Waals surface area contributed by atoms with Crippen LogP contribution in [0.2, 0.25) is 0 Å². The average Bonchev–Trinajstić information content (AvgIpc) is 3.67. The van der Waals surface area contributed by atoms with Crippen LogP contribution in [0.15, 0.2) is 91.3 Å². The molecule has 1 aliphatic rings. The molecule has 0 atom stereocenters. The zero-order valence-corrected chi connectivity index (χ0v) is 20.1. The molecule has 37 heavy (non-hydrogen) atoms. The first kappa shape index (κ1) is 22.5. The Balaban J connectivity index is 1.37. The number of amides is 1. The van der Waals surface area contributed by atoms with E-state index >= 15 is 0 Å². The number of aromatic nitrogens is 3. The van der Waals surface area contributed by atoms with Crippen molar-refractivity contribution in [2.75, 3.05) is 5.32 Å². The Hall–Kier alpha value is -4.96. The summed E-state index contributed by atoms with van der Waals surface area (Å²) < 4.78 is 2.03. The lowest BCUT2D eigenvalue weighted by Gasteiger charge is -2.12. The van der Waals surface area contributed by atoms with Gasteiger partial charge in [0.1, 0.15) is 0 Å². The summed E-state index contributed by atoms with van der Waals surface area (Å²) in [6, 6.07) is 27.6. The van der Waals surface area contributed by atoms with Gasteiger partial charge in [-0.1, -0.05) is 54.6 Å². The van der Waals surface area contributed by atoms with Gasteiger partial charge in [-0.05, 0) is 42.7 Å². The number of anilines is 1. The lowest BCUT2D eigenvalue weighted by Crippen LogP contribution is -2.25. The van der Waals surface area contributed by atoms with E-state index in [-0.39, 0.29) is 5.91 Å². The highest BCUT2D eigenvalue weighted by molar-refractivity contribution is 5.95. The SMILES string of the molecule is N#Cc1cccc(CNc2nc(-c3ccccc3)cn3c(-c4ccc(C(=O)NC5CC5)cc4)cnc23)c1. The Morgan fingerprint density at radius 1 is 1.00 bits per heavy atom. The van der Waals surface area contributed by atoms with Crippen LogP contribution in [-0.2, 0) is 6.54 Å². The number of hydrogen-bond donors (Lipinski definition) is 2. The second-order valence-corrected chi connectivity index (χ2v) is 9.17. The van der Waals surface area contributed by atoms with Gasteiger partial charge in [-0.15, -0.1) is 0 Å². The highest BCUT2D eigenvalue weighted by atomic mass is 16.1. The fourth-order valence-electron chi connectivity index (χ4n) is 4.29. The summed E-state index contributed by atoms with van der Waals surface area (Å²) in [6.07, 6.45) is 5.93. The minimum atomic E-state index is -0.0327. The second-order valence-electron chi connectivity index (χ2n) is 9.17. The van der Waals surface area contributed by atoms with Gasteiger partial charge < -0.3 is 10.6 Å². The first-order valence-electron chi connectivity index (χ1n) is 12.3. The number of benzene rings is 3. The number of rotatable bonds is 7. The number of carbonyl (C=O) groups excluding carboxylic acids is 1. The number of hydrogen-bond acceptors (Lipinski definition) is 5. The minimum Gasteiger partial charge on any atom is -0.363 e. The minimum absolute atomic E-state index is 0.0327. The van der Waals surface area contributed by atoms with E-state index in [1.165, 1.54) is 0 Å². The van der Waals surface area contributed by atoms with Crippen LogP contribution in [0.1, 0.15) is 34.3 Å². The Kier molecular flexibility index (Phi) is 5.83. The van der Waals surface area contributed by atoms with Crippen molar-refractivity contribution in [2.45, 2.75) is 25.4 Å². The van der Waals surface area contributed by atoms with Crippen LogP contribution in [0, 0.1) is 11.3 Å². The molecule has 1 amide bonds. The van der Waals surface area contributed by atoms with Crippen molar-refractivity contribution in [3.63, 3.8) is 0 Å². The van der Waals surface area contributed by atoms with E-state index < -0.39 is 0 Å². The molecule has 0 radical (unpaired) electrons. The first-order chi connectivity index (χ1) is 18.2. The summed E-state index contributed by atoms with van der Waals surface area (Å²) in [6.45, 7) is 0.503. The number of imidazole rings is 1. The maximum Gasteiger partial charge on any atom is 0.251 e. The second kappa shape index (κ2) is 9.59. The molecule has 1 fully saturated rings. The monoisotopic (exact) mass is 484 g/mol. The molecular weight excluding hydrogens is 460 g/mol. The van der Waals surface area contributed by atoms with Crippen LogP contribution >= 0.6 is 0 Å². The molecule has 3 aromatic carbocycles. The Morgan fingerprint density at radius 3 is 2.57 bits per heavy atom. The number of nitrogens with zero attached hydrogens (tertiary/aromatic N) is 4. The zero-order chi connectivity index (χ0) is 25.2. The quantitative estimate of drug-likeness (QED) is 0.321. The average molecular weight is 485 g/mol. The molecule has 0 unspecified atom stereocenters. The normalized spacial score (nSPS) is 12.7. The summed E-state index contributed by atoms with van der Waals surface area (Å²) in [7, 11) is 0. The third-order valence-electron chi connectivity index (χ3n) is 6.43. The highest BCUT2D eigenvalue weighted by Gasteiger charge is 2.23. The van der Waals surface area contributed by atoms with Crippen LogP contribution < -0.4 is 10.6 Å². The molecule has 7 heteroatoms. The lowest BCUT2D eigenvalue weighted by atomic mass is 10.1. The van der Waals surface area contributed by atoms with Gasteiger partial charge in [0.15, 0.2) is 11.5 Å². The predicted octanol–water partition coefficient (Wildman–Crippen LogP) is 5.44. The summed E-state index contributed by atoms with van der Waals surface area (Å²) in [4.78, 5) is 22.0. The molecule has 2 heterocycles. The van der Waals surface area contributed by atoms with E-state index in [0.717, 1.165) is 40.9 Å². The molecular formula is C30H24N6O. The van der Waals surface area contributed by atoms with Crippen LogP contribution in [0.3, 0.4) is 0 Å². The molecule has 0 bridgehead atoms. The Bertz CT molecular complexity index is 1630. The molecule has 0 spiro atoms. The molecule has 2 N–H and O–H groups in total. The van der Waals surface area contributed by atoms with E-state index in [1.807, 2.05) is 89.6 Å². The van der Waals surface area contributed by atoms with Gasteiger partial charge in [0.05, 0.1) is 29.2 Å². The zero-order valence-electron chi connectivity index (χ0n) is 20.1. The van der Waals surface area contributed by atoms with Gasteiger partial charge in [-0.2, -0.15) is 5.26 Å². The van der Waals surface area contributed by atoms with Crippen molar-refractivity contribution in [3.05, 3.63) is 108 Å². The third-order valence-corrected chi connectivity index (χ3v) is 6.43. The van der Waals surface area contributed by atoms with Crippen molar-refractivity contribution in [2.24, 2.45) is 0 Å². The Morgan fingerprint density at radius 2 is 1.81 bits per heavy atom. The van der Waals surface area contributed by atoms with Gasteiger partial charge in [0, 0.05) is 35.5 Å². The third kappa shape index (κ3) is 4.78. The fourth-order valence-corrected chi connectivity index (χ4v) is 4.29. The van der Waals surface area contributed by atoms with E-state index in [9.17, 15) is 10.1 Å². The molecule has 2 aromatic heterocycles. The van der Waals surface area contributed by atoms with Crippen LogP contribution in [0.5, 0.6) is 0 Å². The standard InChI is InChI=1S/C30H24N6O/c31-16-20-5-4-6-21(15-20)17-32-28-29-33-18-27(36(29)19-26(35-28)22-7-2-1-3-8-22)23-9-11-24(12-10-23)30(37)34-25-13-14-25/h1-12,15,18-19,25H,13-14,17H2,(H,32,35)(H,34,37). The van der Waals surface area contributed by atoms with E-state index in [2.05, 4.69) is 21.7 Å².